The van der Waals surface area contributed by atoms with Crippen LogP contribution in [0, 0.1) is 0 Å². The summed E-state index contributed by atoms with van der Waals surface area (Å²) in [6.45, 7) is 1.43. The van der Waals surface area contributed by atoms with Gasteiger partial charge in [-0.05, 0) is 34.8 Å². The quantitative estimate of drug-likeness (QED) is 0.736. The fourth-order valence-electron chi connectivity index (χ4n) is 3.03. The Morgan fingerprint density at radius 1 is 1.08 bits per heavy atom. The predicted octanol–water partition coefficient (Wildman–Crippen LogP) is 3.49. The Morgan fingerprint density at radius 2 is 1.88 bits per heavy atom. The van der Waals surface area contributed by atoms with E-state index in [2.05, 4.69) is 34.4 Å². The first-order valence-electron chi connectivity index (χ1n) is 8.11. The molecule has 5 heteroatoms. The lowest BCUT2D eigenvalue weighted by Crippen LogP contribution is -2.29. The van der Waals surface area contributed by atoms with Crippen molar-refractivity contribution in [3.05, 3.63) is 65.7 Å². The molecule has 5 nitrogen and oxygen atoms in total. The number of benzene rings is 2. The molecular weight excluding hydrogens is 302 g/mol. The van der Waals surface area contributed by atoms with E-state index in [1.54, 1.807) is 0 Å². The number of rotatable bonds is 4. The largest absolute Gasteiger partial charge is 0.371 e. The monoisotopic (exact) mass is 321 g/mol. The summed E-state index contributed by atoms with van der Waals surface area (Å²) in [4.78, 5) is 6.47. The molecule has 1 aliphatic heterocycles. The molecular formula is C19H19N3O2. The van der Waals surface area contributed by atoms with Gasteiger partial charge in [0.2, 0.25) is 0 Å². The number of hydrogen-bond acceptors (Lipinski definition) is 5. The van der Waals surface area contributed by atoms with Crippen LogP contribution in [0.5, 0.6) is 0 Å². The third kappa shape index (κ3) is 2.90. The van der Waals surface area contributed by atoms with E-state index in [4.69, 9.17) is 9.26 Å². The molecule has 1 aliphatic rings. The van der Waals surface area contributed by atoms with Gasteiger partial charge >= 0.3 is 0 Å². The lowest BCUT2D eigenvalue weighted by Gasteiger charge is -2.29. The van der Waals surface area contributed by atoms with E-state index in [0.717, 1.165) is 18.6 Å². The summed E-state index contributed by atoms with van der Waals surface area (Å²) in [5, 5.41) is 4.10. The maximum atomic E-state index is 5.96. The number of fused-ring (bicyclic) bond motifs is 1. The third-order valence-corrected chi connectivity index (χ3v) is 4.31. The molecule has 1 unspecified atom stereocenters. The Hall–Kier alpha value is -2.66. The summed E-state index contributed by atoms with van der Waals surface area (Å²) in [5.41, 5.74) is 3.53. The maximum absolute atomic E-state index is 5.96. The highest BCUT2D eigenvalue weighted by Gasteiger charge is 2.23. The lowest BCUT2D eigenvalue weighted by atomic mass is 9.97. The molecule has 0 aliphatic carbocycles. The average molecular weight is 321 g/mol. The average Bonchev–Trinajstić information content (AvgIpc) is 3.13. The molecule has 122 valence electrons. The number of ether oxygens (including phenoxy) is 1. The highest BCUT2D eigenvalue weighted by atomic mass is 16.5. The van der Waals surface area contributed by atoms with E-state index in [1.165, 1.54) is 11.1 Å². The zero-order valence-corrected chi connectivity index (χ0v) is 13.6. The van der Waals surface area contributed by atoms with Crippen LogP contribution < -0.4 is 4.90 Å². The van der Waals surface area contributed by atoms with Gasteiger partial charge in [-0.3, -0.25) is 0 Å². The second-order valence-electron chi connectivity index (χ2n) is 5.95. The maximum Gasteiger partial charge on any atom is 0.266 e. The van der Waals surface area contributed by atoms with Crippen molar-refractivity contribution in [1.82, 2.24) is 10.1 Å². The highest BCUT2D eigenvalue weighted by Crippen LogP contribution is 2.28. The van der Waals surface area contributed by atoms with E-state index in [0.29, 0.717) is 18.4 Å². The number of anilines is 1. The van der Waals surface area contributed by atoms with Crippen LogP contribution in [0.3, 0.4) is 0 Å². The molecule has 2 heterocycles. The van der Waals surface area contributed by atoms with Crippen molar-refractivity contribution >= 4 is 5.95 Å². The molecule has 0 radical (unpaired) electrons. The molecule has 4 rings (SSSR count). The van der Waals surface area contributed by atoms with Crippen molar-refractivity contribution in [2.75, 3.05) is 25.1 Å². The predicted molar refractivity (Wildman–Crippen MR) is 91.8 cm³/mol. The summed E-state index contributed by atoms with van der Waals surface area (Å²) in [6, 6.07) is 18.2. The summed E-state index contributed by atoms with van der Waals surface area (Å²) < 4.78 is 11.3. The lowest BCUT2D eigenvalue weighted by molar-refractivity contribution is 0.0476. The zero-order valence-electron chi connectivity index (χ0n) is 13.6. The van der Waals surface area contributed by atoms with Crippen LogP contribution in [0.4, 0.5) is 5.95 Å². The van der Waals surface area contributed by atoms with Gasteiger partial charge in [0.05, 0.1) is 13.2 Å². The third-order valence-electron chi connectivity index (χ3n) is 4.31. The topological polar surface area (TPSA) is 51.4 Å². The molecule has 1 atom stereocenters. The van der Waals surface area contributed by atoms with Gasteiger partial charge in [0.25, 0.3) is 11.8 Å². The van der Waals surface area contributed by atoms with Gasteiger partial charge < -0.3 is 14.2 Å². The van der Waals surface area contributed by atoms with Gasteiger partial charge in [-0.1, -0.05) is 42.5 Å². The minimum absolute atomic E-state index is 0.0265. The summed E-state index contributed by atoms with van der Waals surface area (Å²) in [6.07, 6.45) is 0.996. The Labute approximate surface area is 140 Å². The minimum Gasteiger partial charge on any atom is -0.371 e. The molecule has 0 amide bonds. The first kappa shape index (κ1) is 14.9. The van der Waals surface area contributed by atoms with Crippen LogP contribution in [-0.4, -0.2) is 30.3 Å². The van der Waals surface area contributed by atoms with Gasteiger partial charge in [0, 0.05) is 12.6 Å². The summed E-state index contributed by atoms with van der Waals surface area (Å²) in [5.74, 6) is 1.10. The molecule has 0 bridgehead atoms. The zero-order chi connectivity index (χ0) is 16.4. The van der Waals surface area contributed by atoms with Gasteiger partial charge in [-0.15, -0.1) is 0 Å². The Morgan fingerprint density at radius 3 is 2.75 bits per heavy atom. The van der Waals surface area contributed by atoms with E-state index in [9.17, 15) is 0 Å². The first-order valence-corrected chi connectivity index (χ1v) is 8.11. The number of likely N-dealkylation sites (N-methyl/N-ethyl adjacent to an activating group) is 1. The number of hydrogen-bond donors (Lipinski definition) is 0. The summed E-state index contributed by atoms with van der Waals surface area (Å²) in [7, 11) is 1.96. The van der Waals surface area contributed by atoms with Crippen molar-refractivity contribution in [3.8, 4) is 11.5 Å². The molecule has 0 saturated carbocycles. The van der Waals surface area contributed by atoms with Crippen molar-refractivity contribution in [3.63, 3.8) is 0 Å². The van der Waals surface area contributed by atoms with Crippen molar-refractivity contribution < 1.29 is 9.26 Å². The first-order chi connectivity index (χ1) is 11.8. The van der Waals surface area contributed by atoms with Crippen molar-refractivity contribution in [2.45, 2.75) is 12.5 Å². The van der Waals surface area contributed by atoms with Crippen LogP contribution in [0.2, 0.25) is 0 Å². The highest BCUT2D eigenvalue weighted by molar-refractivity contribution is 5.54. The second kappa shape index (κ2) is 6.45. The normalized spacial score (nSPS) is 16.6. The van der Waals surface area contributed by atoms with Crippen LogP contribution in [0.1, 0.15) is 17.2 Å². The van der Waals surface area contributed by atoms with Crippen LogP contribution in [0.15, 0.2) is 59.1 Å². The fraction of sp³-hybridized carbons (Fsp3) is 0.263. The Kier molecular flexibility index (Phi) is 4.01. The molecule has 0 fully saturated rings. The minimum atomic E-state index is 0.0265. The number of nitrogens with zero attached hydrogens (tertiary/aromatic N) is 3. The van der Waals surface area contributed by atoms with Crippen molar-refractivity contribution in [2.24, 2.45) is 0 Å². The second-order valence-corrected chi connectivity index (χ2v) is 5.95. The Bertz CT molecular complexity index is 816. The Balaban J connectivity index is 1.52. The van der Waals surface area contributed by atoms with Gasteiger partial charge in [-0.2, -0.15) is 4.98 Å². The van der Waals surface area contributed by atoms with E-state index >= 15 is 0 Å². The van der Waals surface area contributed by atoms with Crippen molar-refractivity contribution in [1.29, 1.82) is 0 Å². The number of aromatic nitrogens is 2. The van der Waals surface area contributed by atoms with Crippen LogP contribution >= 0.6 is 0 Å². The van der Waals surface area contributed by atoms with Crippen LogP contribution in [0.25, 0.3) is 11.5 Å². The molecule has 0 N–H and O–H groups in total. The van der Waals surface area contributed by atoms with Crippen LogP contribution in [-0.2, 0) is 11.2 Å². The molecule has 24 heavy (non-hydrogen) atoms. The van der Waals surface area contributed by atoms with E-state index in [1.807, 2.05) is 42.3 Å². The van der Waals surface area contributed by atoms with Gasteiger partial charge in [0.15, 0.2) is 0 Å². The standard InChI is InChI=1S/C19H19N3O2/c1-22(13-17-16-10-6-5-7-14(16)11-12-23-17)19-20-18(24-21-19)15-8-3-2-4-9-15/h2-10,17H,11-13H2,1H3. The smallest absolute Gasteiger partial charge is 0.266 e. The fourth-order valence-corrected chi connectivity index (χ4v) is 3.03. The summed E-state index contributed by atoms with van der Waals surface area (Å²) >= 11 is 0. The molecule has 0 spiro atoms. The SMILES string of the molecule is CN(CC1OCCc2ccccc21)c1noc(-c2ccccc2)n1. The van der Waals surface area contributed by atoms with E-state index < -0.39 is 0 Å². The van der Waals surface area contributed by atoms with Gasteiger partial charge in [-0.25, -0.2) is 0 Å². The molecule has 3 aromatic rings. The van der Waals surface area contributed by atoms with E-state index in [-0.39, 0.29) is 6.10 Å². The molecule has 1 aromatic heterocycles. The molecule has 2 aromatic carbocycles. The molecule has 0 saturated heterocycles. The van der Waals surface area contributed by atoms with Gasteiger partial charge in [0.1, 0.15) is 6.10 Å².